The minimum absolute atomic E-state index is 0.0789. The lowest BCUT2D eigenvalue weighted by Gasteiger charge is -2.30. The fourth-order valence-electron chi connectivity index (χ4n) is 3.36. The molecular weight excluding hydrogens is 242 g/mol. The highest BCUT2D eigenvalue weighted by atomic mass is 16.3. The van der Waals surface area contributed by atoms with Crippen LogP contribution in [0.3, 0.4) is 0 Å². The highest BCUT2D eigenvalue weighted by molar-refractivity contribution is 5.94. The molecule has 1 fully saturated rings. The lowest BCUT2D eigenvalue weighted by molar-refractivity contribution is 0.0866. The first-order chi connectivity index (χ1) is 9.29. The van der Waals surface area contributed by atoms with Gasteiger partial charge < -0.3 is 10.4 Å². The Balaban J connectivity index is 1.70. The van der Waals surface area contributed by atoms with Crippen molar-refractivity contribution in [2.45, 2.75) is 51.0 Å². The van der Waals surface area contributed by atoms with Crippen molar-refractivity contribution in [1.82, 2.24) is 15.5 Å². The molecule has 2 atom stereocenters. The van der Waals surface area contributed by atoms with Crippen molar-refractivity contribution >= 4 is 5.91 Å². The van der Waals surface area contributed by atoms with Crippen molar-refractivity contribution in [3.8, 4) is 0 Å². The van der Waals surface area contributed by atoms with Gasteiger partial charge in [0.05, 0.1) is 0 Å². The summed E-state index contributed by atoms with van der Waals surface area (Å²) in [4.78, 5) is 12.3. The van der Waals surface area contributed by atoms with Crippen LogP contribution in [-0.2, 0) is 12.8 Å². The Morgan fingerprint density at radius 1 is 1.32 bits per heavy atom. The number of fused-ring (bicyclic) bond motifs is 1. The van der Waals surface area contributed by atoms with E-state index in [0.717, 1.165) is 56.2 Å². The van der Waals surface area contributed by atoms with Gasteiger partial charge in [-0.15, -0.1) is 0 Å². The summed E-state index contributed by atoms with van der Waals surface area (Å²) in [6.07, 6.45) is 7.28. The van der Waals surface area contributed by atoms with Crippen molar-refractivity contribution in [2.75, 3.05) is 6.61 Å². The normalized spacial score (nSPS) is 26.2. The molecule has 0 aliphatic heterocycles. The number of rotatable bonds is 3. The maximum absolute atomic E-state index is 12.3. The Labute approximate surface area is 112 Å². The molecule has 3 rings (SSSR count). The zero-order valence-corrected chi connectivity index (χ0v) is 11.1. The van der Waals surface area contributed by atoms with E-state index in [-0.39, 0.29) is 24.5 Å². The molecule has 2 unspecified atom stereocenters. The number of aromatic amines is 1. The predicted molar refractivity (Wildman–Crippen MR) is 70.9 cm³/mol. The summed E-state index contributed by atoms with van der Waals surface area (Å²) in [6, 6.07) is 0.0972. The van der Waals surface area contributed by atoms with Crippen LogP contribution in [0.2, 0.25) is 0 Å². The summed E-state index contributed by atoms with van der Waals surface area (Å²) in [5, 5.41) is 19.6. The van der Waals surface area contributed by atoms with Gasteiger partial charge in [-0.3, -0.25) is 9.89 Å². The van der Waals surface area contributed by atoms with Crippen LogP contribution < -0.4 is 5.32 Å². The minimum Gasteiger partial charge on any atom is -0.396 e. The van der Waals surface area contributed by atoms with Crippen LogP contribution >= 0.6 is 0 Å². The fraction of sp³-hybridized carbons (Fsp3) is 0.714. The van der Waals surface area contributed by atoms with E-state index < -0.39 is 0 Å². The number of H-pyrrole nitrogens is 1. The molecule has 1 saturated carbocycles. The molecule has 3 N–H and O–H groups in total. The van der Waals surface area contributed by atoms with Crippen LogP contribution in [0.1, 0.15) is 53.8 Å². The molecular formula is C14H21N3O2. The second-order valence-corrected chi connectivity index (χ2v) is 5.69. The largest absolute Gasteiger partial charge is 0.396 e. The number of amides is 1. The van der Waals surface area contributed by atoms with Crippen LogP contribution in [0.4, 0.5) is 0 Å². The van der Waals surface area contributed by atoms with Gasteiger partial charge in [-0.2, -0.15) is 5.10 Å². The molecule has 19 heavy (non-hydrogen) atoms. The number of nitrogens with one attached hydrogen (secondary N) is 2. The molecule has 0 aromatic carbocycles. The van der Waals surface area contributed by atoms with Gasteiger partial charge in [0.2, 0.25) is 0 Å². The van der Waals surface area contributed by atoms with E-state index in [9.17, 15) is 9.90 Å². The number of aryl methyl sites for hydroxylation is 1. The number of carbonyl (C=O) groups excluding carboxylic acids is 1. The maximum atomic E-state index is 12.3. The molecule has 2 aliphatic carbocycles. The summed E-state index contributed by atoms with van der Waals surface area (Å²) in [5.41, 5.74) is 2.77. The highest BCUT2D eigenvalue weighted by Gasteiger charge is 2.29. The lowest BCUT2D eigenvalue weighted by atomic mass is 9.85. The Morgan fingerprint density at radius 3 is 3.00 bits per heavy atom. The number of hydrogen-bond donors (Lipinski definition) is 3. The summed E-state index contributed by atoms with van der Waals surface area (Å²) < 4.78 is 0. The Hall–Kier alpha value is -1.36. The van der Waals surface area contributed by atoms with Gasteiger partial charge >= 0.3 is 0 Å². The van der Waals surface area contributed by atoms with E-state index in [0.29, 0.717) is 5.69 Å². The van der Waals surface area contributed by atoms with Crippen LogP contribution in [0.15, 0.2) is 0 Å². The van der Waals surface area contributed by atoms with Crippen molar-refractivity contribution in [3.05, 3.63) is 17.0 Å². The van der Waals surface area contributed by atoms with Gasteiger partial charge in [0.1, 0.15) is 0 Å². The fourth-order valence-corrected chi connectivity index (χ4v) is 3.36. The maximum Gasteiger partial charge on any atom is 0.272 e. The zero-order valence-electron chi connectivity index (χ0n) is 11.1. The molecule has 5 nitrogen and oxygen atoms in total. The average molecular weight is 263 g/mol. The number of aliphatic hydroxyl groups is 1. The summed E-state index contributed by atoms with van der Waals surface area (Å²) in [5.74, 6) is 0.120. The van der Waals surface area contributed by atoms with Gasteiger partial charge in [0, 0.05) is 29.8 Å². The van der Waals surface area contributed by atoms with Crippen molar-refractivity contribution in [3.63, 3.8) is 0 Å². The molecule has 0 radical (unpaired) electrons. The van der Waals surface area contributed by atoms with Crippen molar-refractivity contribution < 1.29 is 9.90 Å². The minimum atomic E-state index is -0.0789. The first kappa shape index (κ1) is 12.7. The Morgan fingerprint density at radius 2 is 2.16 bits per heavy atom. The first-order valence-electron chi connectivity index (χ1n) is 7.27. The van der Waals surface area contributed by atoms with E-state index in [2.05, 4.69) is 15.5 Å². The number of nitrogens with zero attached hydrogens (tertiary/aromatic N) is 1. The molecule has 0 spiro atoms. The quantitative estimate of drug-likeness (QED) is 0.766. The lowest BCUT2D eigenvalue weighted by Crippen LogP contribution is -2.43. The van der Waals surface area contributed by atoms with E-state index in [4.69, 9.17) is 0 Å². The second-order valence-electron chi connectivity index (χ2n) is 5.69. The van der Waals surface area contributed by atoms with Crippen LogP contribution in [0.25, 0.3) is 0 Å². The summed E-state index contributed by atoms with van der Waals surface area (Å²) in [6.45, 7) is 0.156. The van der Waals surface area contributed by atoms with E-state index in [1.165, 1.54) is 0 Å². The molecule has 0 saturated heterocycles. The van der Waals surface area contributed by atoms with E-state index in [1.54, 1.807) is 0 Å². The molecule has 1 heterocycles. The van der Waals surface area contributed by atoms with Crippen LogP contribution in [0.5, 0.6) is 0 Å². The third kappa shape index (κ3) is 2.39. The standard InChI is InChI=1S/C14H21N3O2/c18-8-9-4-1-2-6-11(9)15-14(19)13-10-5-3-7-12(10)16-17-13/h9,11,18H,1-8H2,(H,15,19)(H,16,17). The molecule has 2 aliphatic rings. The van der Waals surface area contributed by atoms with Crippen molar-refractivity contribution in [1.29, 1.82) is 0 Å². The average Bonchev–Trinajstić information content (AvgIpc) is 3.01. The topological polar surface area (TPSA) is 78.0 Å². The SMILES string of the molecule is O=C(NC1CCCCC1CO)c1n[nH]c2c1CCC2. The number of aromatic nitrogens is 2. The van der Waals surface area contributed by atoms with Gasteiger partial charge in [0.15, 0.2) is 5.69 Å². The third-order valence-electron chi connectivity index (χ3n) is 4.48. The monoisotopic (exact) mass is 263 g/mol. The molecule has 1 amide bonds. The first-order valence-corrected chi connectivity index (χ1v) is 7.27. The summed E-state index contributed by atoms with van der Waals surface area (Å²) in [7, 11) is 0. The van der Waals surface area contributed by atoms with E-state index >= 15 is 0 Å². The highest BCUT2D eigenvalue weighted by Crippen LogP contribution is 2.26. The molecule has 1 aromatic rings. The van der Waals surface area contributed by atoms with Crippen LogP contribution in [0, 0.1) is 5.92 Å². The summed E-state index contributed by atoms with van der Waals surface area (Å²) >= 11 is 0. The number of hydrogen-bond acceptors (Lipinski definition) is 3. The Kier molecular flexibility index (Phi) is 3.55. The molecule has 1 aromatic heterocycles. The molecule has 5 heteroatoms. The zero-order chi connectivity index (χ0) is 13.2. The predicted octanol–water partition coefficient (Wildman–Crippen LogP) is 1.18. The number of aliphatic hydroxyl groups excluding tert-OH is 1. The second kappa shape index (κ2) is 5.33. The van der Waals surface area contributed by atoms with Gasteiger partial charge in [0.25, 0.3) is 5.91 Å². The third-order valence-corrected chi connectivity index (χ3v) is 4.48. The van der Waals surface area contributed by atoms with Gasteiger partial charge in [-0.25, -0.2) is 0 Å². The van der Waals surface area contributed by atoms with Crippen molar-refractivity contribution in [2.24, 2.45) is 5.92 Å². The molecule has 0 bridgehead atoms. The van der Waals surface area contributed by atoms with Gasteiger partial charge in [-0.05, 0) is 32.1 Å². The smallest absolute Gasteiger partial charge is 0.272 e. The van der Waals surface area contributed by atoms with Gasteiger partial charge in [-0.1, -0.05) is 12.8 Å². The van der Waals surface area contributed by atoms with E-state index in [1.807, 2.05) is 0 Å². The number of carbonyl (C=O) groups is 1. The van der Waals surface area contributed by atoms with Crippen LogP contribution in [-0.4, -0.2) is 33.9 Å². The Bertz CT molecular complexity index is 469. The molecule has 104 valence electrons.